The molecule has 4 heteroatoms. The van der Waals surface area contributed by atoms with Crippen molar-refractivity contribution in [3.8, 4) is 0 Å². The summed E-state index contributed by atoms with van der Waals surface area (Å²) in [7, 11) is 1.98. The topological polar surface area (TPSA) is 21.3 Å². The third-order valence-electron chi connectivity index (χ3n) is 3.26. The van der Waals surface area contributed by atoms with Gasteiger partial charge in [-0.3, -0.25) is 0 Å². The molecule has 0 bridgehead atoms. The summed E-state index contributed by atoms with van der Waals surface area (Å²) in [5, 5.41) is 3.38. The van der Waals surface area contributed by atoms with Crippen LogP contribution >= 0.6 is 22.9 Å². The molecule has 0 spiro atoms. The van der Waals surface area contributed by atoms with E-state index in [9.17, 15) is 0 Å². The van der Waals surface area contributed by atoms with Gasteiger partial charge in [0.1, 0.15) is 0 Å². The van der Waals surface area contributed by atoms with Gasteiger partial charge in [-0.1, -0.05) is 41.9 Å². The molecule has 1 aromatic carbocycles. The molecule has 0 saturated heterocycles. The SMILES string of the molecule is CCOC(c1ccccc1)C(Cc1ccc(Cl)s1)NC. The summed E-state index contributed by atoms with van der Waals surface area (Å²) < 4.78 is 6.80. The summed E-state index contributed by atoms with van der Waals surface area (Å²) in [5.41, 5.74) is 1.20. The average Bonchev–Trinajstić information content (AvgIpc) is 2.89. The molecular weight excluding hydrogens is 290 g/mol. The number of benzene rings is 1. The van der Waals surface area contributed by atoms with Crippen LogP contribution in [-0.2, 0) is 11.2 Å². The van der Waals surface area contributed by atoms with Gasteiger partial charge in [0, 0.05) is 17.5 Å². The van der Waals surface area contributed by atoms with Gasteiger partial charge >= 0.3 is 0 Å². The predicted molar refractivity (Wildman–Crippen MR) is 86.7 cm³/mol. The van der Waals surface area contributed by atoms with Gasteiger partial charge in [0.2, 0.25) is 0 Å². The van der Waals surface area contributed by atoms with Crippen LogP contribution < -0.4 is 5.32 Å². The normalized spacial score (nSPS) is 14.2. The summed E-state index contributed by atoms with van der Waals surface area (Å²) in [6, 6.07) is 14.6. The minimum Gasteiger partial charge on any atom is -0.372 e. The maximum atomic E-state index is 6.01. The van der Waals surface area contributed by atoms with Crippen molar-refractivity contribution in [1.29, 1.82) is 0 Å². The Balaban J connectivity index is 2.17. The van der Waals surface area contributed by atoms with E-state index >= 15 is 0 Å². The molecule has 0 saturated carbocycles. The zero-order valence-corrected chi connectivity index (χ0v) is 13.4. The summed E-state index contributed by atoms with van der Waals surface area (Å²) >= 11 is 7.64. The molecule has 1 heterocycles. The number of hydrogen-bond acceptors (Lipinski definition) is 3. The van der Waals surface area contributed by atoms with E-state index in [4.69, 9.17) is 16.3 Å². The lowest BCUT2D eigenvalue weighted by Crippen LogP contribution is -2.35. The van der Waals surface area contributed by atoms with Crippen LogP contribution in [0.15, 0.2) is 42.5 Å². The second-order valence-electron chi connectivity index (χ2n) is 4.59. The number of ether oxygens (including phenoxy) is 1. The van der Waals surface area contributed by atoms with Crippen molar-refractivity contribution < 1.29 is 4.74 Å². The first kappa shape index (κ1) is 15.5. The van der Waals surface area contributed by atoms with Crippen LogP contribution in [0.25, 0.3) is 0 Å². The maximum absolute atomic E-state index is 6.01. The largest absolute Gasteiger partial charge is 0.372 e. The molecule has 2 rings (SSSR count). The van der Waals surface area contributed by atoms with E-state index in [0.29, 0.717) is 6.61 Å². The molecule has 1 N–H and O–H groups in total. The highest BCUT2D eigenvalue weighted by molar-refractivity contribution is 7.16. The predicted octanol–water partition coefficient (Wildman–Crippen LogP) is 4.31. The summed E-state index contributed by atoms with van der Waals surface area (Å²) in [6.07, 6.45) is 0.958. The second-order valence-corrected chi connectivity index (χ2v) is 6.39. The van der Waals surface area contributed by atoms with Gasteiger partial charge in [-0.15, -0.1) is 11.3 Å². The van der Waals surface area contributed by atoms with E-state index < -0.39 is 0 Å². The number of likely N-dealkylation sites (N-methyl/N-ethyl adjacent to an activating group) is 1. The molecule has 0 aliphatic heterocycles. The lowest BCUT2D eigenvalue weighted by atomic mass is 9.99. The Kier molecular flexibility index (Phi) is 6.05. The fourth-order valence-electron chi connectivity index (χ4n) is 2.31. The van der Waals surface area contributed by atoms with Crippen molar-refractivity contribution >= 4 is 22.9 Å². The van der Waals surface area contributed by atoms with Crippen molar-refractivity contribution in [2.45, 2.75) is 25.5 Å². The van der Waals surface area contributed by atoms with Crippen LogP contribution in [0.4, 0.5) is 0 Å². The van der Waals surface area contributed by atoms with Gasteiger partial charge in [-0.25, -0.2) is 0 Å². The lowest BCUT2D eigenvalue weighted by molar-refractivity contribution is 0.0354. The molecule has 0 aliphatic rings. The van der Waals surface area contributed by atoms with E-state index in [2.05, 4.69) is 35.6 Å². The number of hydrogen-bond donors (Lipinski definition) is 1. The Morgan fingerprint density at radius 1 is 1.20 bits per heavy atom. The van der Waals surface area contributed by atoms with Gasteiger partial charge in [-0.05, 0) is 38.1 Å². The van der Waals surface area contributed by atoms with Crippen molar-refractivity contribution in [3.05, 3.63) is 57.2 Å². The fraction of sp³-hybridized carbons (Fsp3) is 0.375. The Hall–Kier alpha value is -0.870. The van der Waals surface area contributed by atoms with E-state index in [1.165, 1.54) is 10.4 Å². The fourth-order valence-corrected chi connectivity index (χ4v) is 3.45. The van der Waals surface area contributed by atoms with Crippen molar-refractivity contribution in [3.63, 3.8) is 0 Å². The monoisotopic (exact) mass is 309 g/mol. The van der Waals surface area contributed by atoms with E-state index in [0.717, 1.165) is 10.8 Å². The van der Waals surface area contributed by atoms with Gasteiger partial charge in [0.25, 0.3) is 0 Å². The minimum atomic E-state index is 0.0482. The van der Waals surface area contributed by atoms with Gasteiger partial charge in [0.15, 0.2) is 0 Å². The lowest BCUT2D eigenvalue weighted by Gasteiger charge is -2.27. The van der Waals surface area contributed by atoms with Crippen LogP contribution in [0.1, 0.15) is 23.5 Å². The molecule has 2 unspecified atom stereocenters. The highest BCUT2D eigenvalue weighted by atomic mass is 35.5. The molecule has 2 nitrogen and oxygen atoms in total. The molecule has 0 radical (unpaired) electrons. The van der Waals surface area contributed by atoms with Gasteiger partial charge in [0.05, 0.1) is 10.4 Å². The Bertz CT molecular complexity index is 514. The summed E-state index contributed by atoms with van der Waals surface area (Å²) in [5.74, 6) is 0. The molecule has 2 aromatic rings. The van der Waals surface area contributed by atoms with E-state index in [-0.39, 0.29) is 12.1 Å². The smallest absolute Gasteiger partial charge is 0.0981 e. The highest BCUT2D eigenvalue weighted by Gasteiger charge is 2.23. The van der Waals surface area contributed by atoms with E-state index in [1.54, 1.807) is 11.3 Å². The van der Waals surface area contributed by atoms with Crippen molar-refractivity contribution in [2.24, 2.45) is 0 Å². The third-order valence-corrected chi connectivity index (χ3v) is 4.51. The van der Waals surface area contributed by atoms with Crippen molar-refractivity contribution in [1.82, 2.24) is 5.32 Å². The molecule has 0 amide bonds. The Morgan fingerprint density at radius 3 is 2.50 bits per heavy atom. The Morgan fingerprint density at radius 2 is 1.95 bits per heavy atom. The number of nitrogens with one attached hydrogen (secondary N) is 1. The summed E-state index contributed by atoms with van der Waals surface area (Å²) in [6.45, 7) is 2.73. The van der Waals surface area contributed by atoms with Crippen LogP contribution in [0.3, 0.4) is 0 Å². The van der Waals surface area contributed by atoms with Gasteiger partial charge in [-0.2, -0.15) is 0 Å². The molecular formula is C16H20ClNOS. The average molecular weight is 310 g/mol. The van der Waals surface area contributed by atoms with Gasteiger partial charge < -0.3 is 10.1 Å². The van der Waals surface area contributed by atoms with Crippen LogP contribution in [-0.4, -0.2) is 19.7 Å². The number of halogens is 1. The molecule has 2 atom stereocenters. The second kappa shape index (κ2) is 7.79. The minimum absolute atomic E-state index is 0.0482. The zero-order valence-electron chi connectivity index (χ0n) is 11.8. The molecule has 1 aromatic heterocycles. The Labute approximate surface area is 129 Å². The number of rotatable bonds is 7. The van der Waals surface area contributed by atoms with Crippen LogP contribution in [0, 0.1) is 0 Å². The molecule has 20 heavy (non-hydrogen) atoms. The number of thiophene rings is 1. The summed E-state index contributed by atoms with van der Waals surface area (Å²) in [4.78, 5) is 1.27. The first-order valence-electron chi connectivity index (χ1n) is 6.82. The highest BCUT2D eigenvalue weighted by Crippen LogP contribution is 2.28. The van der Waals surface area contributed by atoms with Crippen LogP contribution in [0.5, 0.6) is 0 Å². The maximum Gasteiger partial charge on any atom is 0.0981 e. The van der Waals surface area contributed by atoms with E-state index in [1.807, 2.05) is 26.1 Å². The van der Waals surface area contributed by atoms with Crippen molar-refractivity contribution in [2.75, 3.05) is 13.7 Å². The molecule has 0 fully saturated rings. The first-order chi connectivity index (χ1) is 9.74. The third kappa shape index (κ3) is 4.06. The first-order valence-corrected chi connectivity index (χ1v) is 8.02. The quantitative estimate of drug-likeness (QED) is 0.823. The zero-order chi connectivity index (χ0) is 14.4. The molecule has 108 valence electrons. The molecule has 0 aliphatic carbocycles. The van der Waals surface area contributed by atoms with Crippen LogP contribution in [0.2, 0.25) is 4.34 Å². The standard InChI is InChI=1S/C16H20ClNOS/c1-3-19-16(12-7-5-4-6-8-12)14(18-2)11-13-9-10-15(17)20-13/h4-10,14,16,18H,3,11H2,1-2H3.